The van der Waals surface area contributed by atoms with E-state index < -0.39 is 39.1 Å². The molecule has 8 heteroatoms. The van der Waals surface area contributed by atoms with Gasteiger partial charge in [0.2, 0.25) is 5.82 Å². The summed E-state index contributed by atoms with van der Waals surface area (Å²) in [7, 11) is 1.06. The molecule has 1 aromatic rings. The number of benzene rings is 1. The van der Waals surface area contributed by atoms with Crippen molar-refractivity contribution in [2.45, 2.75) is 0 Å². The van der Waals surface area contributed by atoms with E-state index in [2.05, 4.69) is 4.74 Å². The quantitative estimate of drug-likeness (QED) is 0.361. The predicted octanol–water partition coefficient (Wildman–Crippen LogP) is 2.28. The highest BCUT2D eigenvalue weighted by atomic mass is 19.1. The molecule has 0 atom stereocenters. The Morgan fingerprint density at radius 1 is 1.32 bits per heavy atom. The number of hydrogen-bond donors (Lipinski definition) is 0. The second kappa shape index (κ2) is 5.56. The smallest absolute Gasteiger partial charge is 0.307 e. The molecule has 0 saturated heterocycles. The van der Waals surface area contributed by atoms with E-state index in [1.54, 1.807) is 0 Å². The van der Waals surface area contributed by atoms with E-state index in [0.29, 0.717) is 12.1 Å². The van der Waals surface area contributed by atoms with Crippen LogP contribution in [-0.2, 0) is 4.74 Å². The van der Waals surface area contributed by atoms with E-state index in [-0.39, 0.29) is 0 Å². The largest absolute Gasteiger partial charge is 0.494 e. The maximum Gasteiger partial charge on any atom is 0.307 e. The molecule has 0 heterocycles. The summed E-state index contributed by atoms with van der Waals surface area (Å²) >= 11 is 0. The van der Waals surface area contributed by atoms with Crippen molar-refractivity contribution in [1.29, 1.82) is 10.5 Å². The normalized spacial score (nSPS) is 9.11. The van der Waals surface area contributed by atoms with Crippen molar-refractivity contribution in [3.8, 4) is 12.1 Å². The van der Waals surface area contributed by atoms with Gasteiger partial charge in [0.25, 0.3) is 0 Å². The molecular weight excluding hydrogens is 260 g/mol. The number of hydrogen-bond acceptors (Lipinski definition) is 5. The van der Waals surface area contributed by atoms with Crippen LogP contribution in [0.5, 0.6) is 0 Å². The first-order chi connectivity index (χ1) is 8.96. The summed E-state index contributed by atoms with van der Waals surface area (Å²) in [5.41, 5.74) is -2.16. The molecule has 0 radical (unpaired) electrons. The van der Waals surface area contributed by atoms with Gasteiger partial charge in [0.15, 0.2) is 11.3 Å². The second-order valence-electron chi connectivity index (χ2n) is 3.17. The van der Waals surface area contributed by atoms with Gasteiger partial charge >= 0.3 is 5.69 Å². The molecule has 6 nitrogen and oxygen atoms in total. The van der Waals surface area contributed by atoms with Gasteiger partial charge in [-0.15, -0.1) is 0 Å². The highest BCUT2D eigenvalue weighted by molar-refractivity contribution is 5.71. The number of nitro benzene ring substituents is 1. The van der Waals surface area contributed by atoms with Crippen LogP contribution in [0.3, 0.4) is 0 Å². The molecule has 0 aliphatic carbocycles. The summed E-state index contributed by atoms with van der Waals surface area (Å²) in [6.07, 6.45) is 0. The third kappa shape index (κ3) is 2.64. The van der Waals surface area contributed by atoms with Crippen molar-refractivity contribution in [1.82, 2.24) is 0 Å². The van der Waals surface area contributed by atoms with Crippen molar-refractivity contribution < 1.29 is 18.4 Å². The zero-order chi connectivity index (χ0) is 14.6. The fourth-order valence-electron chi connectivity index (χ4n) is 1.32. The van der Waals surface area contributed by atoms with Crippen LogP contribution in [0, 0.1) is 44.4 Å². The molecule has 0 unspecified atom stereocenters. The fraction of sp³-hybridized carbons (Fsp3) is 0.0909. The standard InChI is InChI=1S/C11H5F2N3O3/c1-19-11(6(4-14)5-15)7-2-9(13)10(16(17)18)3-8(7)12/h2-3H,1H3. The molecule has 0 aliphatic heterocycles. The number of allylic oxidation sites excluding steroid dienone is 1. The van der Waals surface area contributed by atoms with Crippen molar-refractivity contribution >= 4 is 11.4 Å². The third-order valence-corrected chi connectivity index (χ3v) is 2.13. The van der Waals surface area contributed by atoms with Crippen LogP contribution in [0.2, 0.25) is 0 Å². The number of nitro groups is 1. The number of nitrogens with zero attached hydrogens (tertiary/aromatic N) is 3. The highest BCUT2D eigenvalue weighted by Gasteiger charge is 2.22. The van der Waals surface area contributed by atoms with Crippen molar-refractivity contribution in [2.24, 2.45) is 0 Å². The number of ether oxygens (including phenoxy) is 1. The van der Waals surface area contributed by atoms with E-state index in [4.69, 9.17) is 10.5 Å². The summed E-state index contributed by atoms with van der Waals surface area (Å²) in [6, 6.07) is 3.77. The monoisotopic (exact) mass is 265 g/mol. The molecule has 0 fully saturated rings. The third-order valence-electron chi connectivity index (χ3n) is 2.13. The maximum absolute atomic E-state index is 13.7. The predicted molar refractivity (Wildman–Crippen MR) is 58.2 cm³/mol. The Bertz CT molecular complexity index is 640. The minimum atomic E-state index is -1.30. The molecule has 0 amide bonds. The fourth-order valence-corrected chi connectivity index (χ4v) is 1.32. The molecular formula is C11H5F2N3O3. The minimum absolute atomic E-state index is 0.357. The van der Waals surface area contributed by atoms with Gasteiger partial charge in [0.1, 0.15) is 18.0 Å². The Labute approximate surface area is 105 Å². The Morgan fingerprint density at radius 2 is 1.89 bits per heavy atom. The first-order valence-electron chi connectivity index (χ1n) is 4.68. The van der Waals surface area contributed by atoms with E-state index in [1.807, 2.05) is 0 Å². The van der Waals surface area contributed by atoms with E-state index >= 15 is 0 Å². The topological polar surface area (TPSA) is 99.9 Å². The van der Waals surface area contributed by atoms with Gasteiger partial charge in [-0.3, -0.25) is 10.1 Å². The minimum Gasteiger partial charge on any atom is -0.494 e. The highest BCUT2D eigenvalue weighted by Crippen LogP contribution is 2.28. The molecule has 0 bridgehead atoms. The summed E-state index contributed by atoms with van der Waals surface area (Å²) in [6.45, 7) is 0. The zero-order valence-electron chi connectivity index (χ0n) is 9.48. The van der Waals surface area contributed by atoms with Crippen LogP contribution < -0.4 is 0 Å². The molecule has 0 aliphatic rings. The number of halogens is 2. The van der Waals surface area contributed by atoms with Gasteiger partial charge in [-0.1, -0.05) is 0 Å². The van der Waals surface area contributed by atoms with E-state index in [1.165, 1.54) is 12.1 Å². The molecule has 0 spiro atoms. The average molecular weight is 265 g/mol. The lowest BCUT2D eigenvalue weighted by molar-refractivity contribution is -0.387. The number of nitriles is 2. The Balaban J connectivity index is 3.59. The zero-order valence-corrected chi connectivity index (χ0v) is 9.48. The Morgan fingerprint density at radius 3 is 2.32 bits per heavy atom. The first-order valence-corrected chi connectivity index (χ1v) is 4.68. The van der Waals surface area contributed by atoms with Gasteiger partial charge in [-0.2, -0.15) is 14.9 Å². The molecule has 1 rings (SSSR count). The lowest BCUT2D eigenvalue weighted by Gasteiger charge is -2.07. The molecule has 0 aromatic heterocycles. The van der Waals surface area contributed by atoms with Crippen LogP contribution >= 0.6 is 0 Å². The van der Waals surface area contributed by atoms with Crippen LogP contribution in [-0.4, -0.2) is 12.0 Å². The van der Waals surface area contributed by atoms with Crippen molar-refractivity contribution in [2.75, 3.05) is 7.11 Å². The molecule has 19 heavy (non-hydrogen) atoms. The van der Waals surface area contributed by atoms with Gasteiger partial charge in [-0.05, 0) is 6.07 Å². The van der Waals surface area contributed by atoms with Crippen LogP contribution in [0.25, 0.3) is 5.76 Å². The summed E-state index contributed by atoms with van der Waals surface area (Å²) in [5, 5.41) is 27.7. The second-order valence-corrected chi connectivity index (χ2v) is 3.17. The van der Waals surface area contributed by atoms with E-state index in [9.17, 15) is 18.9 Å². The van der Waals surface area contributed by atoms with E-state index in [0.717, 1.165) is 7.11 Å². The van der Waals surface area contributed by atoms with Crippen LogP contribution in [0.4, 0.5) is 14.5 Å². The molecule has 1 aromatic carbocycles. The molecule has 0 N–H and O–H groups in total. The van der Waals surface area contributed by atoms with Crippen molar-refractivity contribution in [3.63, 3.8) is 0 Å². The summed E-state index contributed by atoms with van der Waals surface area (Å²) < 4.78 is 31.7. The number of rotatable bonds is 3. The number of methoxy groups -OCH3 is 1. The van der Waals surface area contributed by atoms with Gasteiger partial charge in [-0.25, -0.2) is 4.39 Å². The molecule has 96 valence electrons. The SMILES string of the molecule is COC(=C(C#N)C#N)c1cc(F)c([N+](=O)[O-])cc1F. The summed E-state index contributed by atoms with van der Waals surface area (Å²) in [5.74, 6) is -2.96. The van der Waals surface area contributed by atoms with Gasteiger partial charge < -0.3 is 4.74 Å². The summed E-state index contributed by atoms with van der Waals surface area (Å²) in [4.78, 5) is 9.33. The first kappa shape index (κ1) is 14.1. The molecule has 0 saturated carbocycles. The Hall–Kier alpha value is -3.00. The van der Waals surface area contributed by atoms with Crippen LogP contribution in [0.15, 0.2) is 17.7 Å². The van der Waals surface area contributed by atoms with Gasteiger partial charge in [0, 0.05) is 0 Å². The van der Waals surface area contributed by atoms with Crippen molar-refractivity contribution in [3.05, 3.63) is 45.0 Å². The lowest BCUT2D eigenvalue weighted by Crippen LogP contribution is -2.00. The lowest BCUT2D eigenvalue weighted by atomic mass is 10.1. The Kier molecular flexibility index (Phi) is 4.11. The van der Waals surface area contributed by atoms with Gasteiger partial charge in [0.05, 0.1) is 23.7 Å². The van der Waals surface area contributed by atoms with Crippen LogP contribution in [0.1, 0.15) is 5.56 Å². The average Bonchev–Trinajstić information content (AvgIpc) is 2.38. The maximum atomic E-state index is 13.7.